The molecule has 0 saturated heterocycles. The van der Waals surface area contributed by atoms with Crippen LogP contribution in [0, 0.1) is 0 Å². The predicted octanol–water partition coefficient (Wildman–Crippen LogP) is 4.36. The van der Waals surface area contributed by atoms with Crippen LogP contribution in [0.3, 0.4) is 0 Å². The molecule has 1 aliphatic rings. The lowest BCUT2D eigenvalue weighted by Crippen LogP contribution is -2.29. The third-order valence-electron chi connectivity index (χ3n) is 3.52. The van der Waals surface area contributed by atoms with Crippen molar-refractivity contribution in [3.8, 4) is 0 Å². The second kappa shape index (κ2) is 7.01. The first-order valence-electron chi connectivity index (χ1n) is 7.01. The van der Waals surface area contributed by atoms with Gasteiger partial charge in [0, 0.05) is 16.3 Å². The van der Waals surface area contributed by atoms with Crippen LogP contribution in [0.1, 0.15) is 15.9 Å². The van der Waals surface area contributed by atoms with E-state index in [-0.39, 0.29) is 5.56 Å². The molecule has 7 heteroatoms. The Morgan fingerprint density at radius 2 is 2.08 bits per heavy atom. The van der Waals surface area contributed by atoms with Crippen LogP contribution in [0.2, 0.25) is 0 Å². The Labute approximate surface area is 152 Å². The van der Waals surface area contributed by atoms with E-state index in [1.165, 1.54) is 6.07 Å². The van der Waals surface area contributed by atoms with Crippen LogP contribution in [0.5, 0.6) is 0 Å². The molecule has 1 heterocycles. The molecule has 2 aromatic rings. The number of carbonyl (C=O) groups is 1. The van der Waals surface area contributed by atoms with Crippen molar-refractivity contribution in [2.24, 2.45) is 0 Å². The van der Waals surface area contributed by atoms with Gasteiger partial charge in [-0.05, 0) is 35.9 Å². The van der Waals surface area contributed by atoms with Crippen molar-refractivity contribution in [2.45, 2.75) is 17.4 Å². The molecule has 0 spiro atoms. The van der Waals surface area contributed by atoms with Crippen molar-refractivity contribution in [3.63, 3.8) is 0 Å². The van der Waals surface area contributed by atoms with Gasteiger partial charge in [0.1, 0.15) is 22.6 Å². The summed E-state index contributed by atoms with van der Waals surface area (Å²) in [5, 5.41) is 0.240. The quantitative estimate of drug-likeness (QED) is 0.447. The summed E-state index contributed by atoms with van der Waals surface area (Å²) in [4.78, 5) is 24.4. The largest absolute Gasteiger partial charge is 0.452 e. The fourth-order valence-corrected chi connectivity index (χ4v) is 2.86. The molecule has 4 nitrogen and oxygen atoms in total. The molecule has 0 saturated carbocycles. The number of hydrogen-bond acceptors (Lipinski definition) is 4. The van der Waals surface area contributed by atoms with E-state index in [9.17, 15) is 9.59 Å². The summed E-state index contributed by atoms with van der Waals surface area (Å²) >= 11 is 17.8. The van der Waals surface area contributed by atoms with Gasteiger partial charge in [-0.25, -0.2) is 9.59 Å². The van der Waals surface area contributed by atoms with Gasteiger partial charge in [-0.1, -0.05) is 23.7 Å². The molecule has 2 atom stereocenters. The third kappa shape index (κ3) is 3.36. The summed E-state index contributed by atoms with van der Waals surface area (Å²) in [6.07, 6.45) is 4.08. The Bertz CT molecular complexity index is 914. The van der Waals surface area contributed by atoms with Crippen LogP contribution in [0.15, 0.2) is 56.7 Å². The van der Waals surface area contributed by atoms with Gasteiger partial charge in [-0.3, -0.25) is 0 Å². The molecule has 0 fully saturated rings. The van der Waals surface area contributed by atoms with Gasteiger partial charge in [0.05, 0.1) is 0 Å². The maximum atomic E-state index is 12.3. The lowest BCUT2D eigenvalue weighted by molar-refractivity contribution is 0.0397. The van der Waals surface area contributed by atoms with Crippen molar-refractivity contribution < 1.29 is 13.9 Å². The maximum Gasteiger partial charge on any atom is 0.351 e. The molecule has 1 aromatic carbocycles. The summed E-state index contributed by atoms with van der Waals surface area (Å²) in [6.45, 7) is 0. The average Bonchev–Trinajstić information content (AvgIpc) is 2.58. The van der Waals surface area contributed by atoms with E-state index < -0.39 is 23.1 Å². The number of halogens is 3. The van der Waals surface area contributed by atoms with E-state index in [1.54, 1.807) is 36.4 Å². The highest BCUT2D eigenvalue weighted by Gasteiger charge is 2.27. The number of alkyl halides is 2. The van der Waals surface area contributed by atoms with Crippen LogP contribution in [0.25, 0.3) is 11.0 Å². The fraction of sp³-hybridized carbons (Fsp3) is 0.176. The zero-order chi connectivity index (χ0) is 17.3. The van der Waals surface area contributed by atoms with Crippen molar-refractivity contribution >= 4 is 51.7 Å². The van der Waals surface area contributed by atoms with Gasteiger partial charge >= 0.3 is 11.6 Å². The zero-order valence-corrected chi connectivity index (χ0v) is 14.4. The summed E-state index contributed by atoms with van der Waals surface area (Å²) in [7, 11) is 0. The minimum atomic E-state index is -0.825. The number of benzene rings is 1. The summed E-state index contributed by atoms with van der Waals surface area (Å²) < 4.78 is 10.4. The molecule has 0 radical (unpaired) electrons. The van der Waals surface area contributed by atoms with E-state index >= 15 is 0 Å². The Balaban J connectivity index is 1.92. The summed E-state index contributed by atoms with van der Waals surface area (Å²) in [6, 6.07) is 6.54. The number of carbonyl (C=O) groups excluding carboxylic acids is 1. The van der Waals surface area contributed by atoms with Crippen LogP contribution >= 0.6 is 34.8 Å². The first-order valence-corrected chi connectivity index (χ1v) is 8.36. The van der Waals surface area contributed by atoms with Crippen molar-refractivity contribution in [1.82, 2.24) is 0 Å². The van der Waals surface area contributed by atoms with Gasteiger partial charge in [0.15, 0.2) is 0 Å². The maximum absolute atomic E-state index is 12.3. The van der Waals surface area contributed by atoms with E-state index in [0.29, 0.717) is 21.9 Å². The first-order chi connectivity index (χ1) is 11.5. The minimum Gasteiger partial charge on any atom is -0.452 e. The molecule has 0 bridgehead atoms. The number of fused-ring (bicyclic) bond motifs is 1. The average molecular weight is 386 g/mol. The molecule has 1 aliphatic carbocycles. The molecule has 124 valence electrons. The number of ether oxygens (including phenoxy) is 1. The lowest BCUT2D eigenvalue weighted by atomic mass is 10.1. The van der Waals surface area contributed by atoms with Crippen molar-refractivity contribution in [1.29, 1.82) is 0 Å². The number of esters is 1. The smallest absolute Gasteiger partial charge is 0.351 e. The van der Waals surface area contributed by atoms with E-state index in [0.717, 1.165) is 5.56 Å². The molecular weight excluding hydrogens is 375 g/mol. The van der Waals surface area contributed by atoms with Crippen LogP contribution < -0.4 is 5.63 Å². The Hall–Kier alpha value is -1.75. The van der Waals surface area contributed by atoms with Crippen molar-refractivity contribution in [3.05, 3.63) is 69.1 Å². The second-order valence-electron chi connectivity index (χ2n) is 5.16. The molecule has 0 amide bonds. The van der Waals surface area contributed by atoms with Crippen LogP contribution in [0.4, 0.5) is 0 Å². The molecule has 0 N–H and O–H groups in total. The highest BCUT2D eigenvalue weighted by molar-refractivity contribution is 6.38. The van der Waals surface area contributed by atoms with Crippen LogP contribution in [-0.4, -0.2) is 17.5 Å². The molecule has 3 rings (SSSR count). The SMILES string of the molecule is O=C(OC1C=CC=C(Cl)C1Cl)c1cc2cc(CCl)ccc2oc1=O. The highest BCUT2D eigenvalue weighted by Crippen LogP contribution is 2.26. The molecule has 24 heavy (non-hydrogen) atoms. The first kappa shape index (κ1) is 17.1. The fourth-order valence-electron chi connectivity index (χ4n) is 2.29. The molecule has 0 aliphatic heterocycles. The summed E-state index contributed by atoms with van der Waals surface area (Å²) in [5.74, 6) is -0.519. The Morgan fingerprint density at radius 3 is 2.83 bits per heavy atom. The predicted molar refractivity (Wildman–Crippen MR) is 94.0 cm³/mol. The van der Waals surface area contributed by atoms with E-state index in [2.05, 4.69) is 0 Å². The van der Waals surface area contributed by atoms with E-state index in [1.807, 2.05) is 0 Å². The van der Waals surface area contributed by atoms with Gasteiger partial charge in [0.2, 0.25) is 0 Å². The van der Waals surface area contributed by atoms with Gasteiger partial charge < -0.3 is 9.15 Å². The number of hydrogen-bond donors (Lipinski definition) is 0. The number of allylic oxidation sites excluding steroid dienone is 2. The van der Waals surface area contributed by atoms with Crippen molar-refractivity contribution in [2.75, 3.05) is 0 Å². The molecule has 1 aromatic heterocycles. The molecule has 2 unspecified atom stereocenters. The summed E-state index contributed by atoms with van der Waals surface area (Å²) in [5.41, 5.74) is 0.213. The zero-order valence-electron chi connectivity index (χ0n) is 12.2. The Kier molecular flexibility index (Phi) is 4.99. The van der Waals surface area contributed by atoms with Gasteiger partial charge in [-0.15, -0.1) is 23.2 Å². The van der Waals surface area contributed by atoms with Gasteiger partial charge in [-0.2, -0.15) is 0 Å². The normalized spacial score (nSPS) is 20.0. The minimum absolute atomic E-state index is 0.211. The Morgan fingerprint density at radius 1 is 1.29 bits per heavy atom. The standard InChI is InChI=1S/C17H11Cl3O4/c18-8-9-4-5-13-10(6-9)7-11(16(21)23-13)17(22)24-14-3-1-2-12(19)15(14)20/h1-7,14-15H,8H2. The van der Waals surface area contributed by atoms with E-state index in [4.69, 9.17) is 44.0 Å². The topological polar surface area (TPSA) is 56.5 Å². The van der Waals surface area contributed by atoms with Gasteiger partial charge in [0.25, 0.3) is 0 Å². The molecular formula is C17H11Cl3O4. The van der Waals surface area contributed by atoms with Crippen LogP contribution in [-0.2, 0) is 10.6 Å². The third-order valence-corrected chi connectivity index (χ3v) is 4.79. The monoisotopic (exact) mass is 384 g/mol. The number of rotatable bonds is 3. The second-order valence-corrected chi connectivity index (χ2v) is 6.34. The highest BCUT2D eigenvalue weighted by atomic mass is 35.5. The lowest BCUT2D eigenvalue weighted by Gasteiger charge is -2.21.